The third kappa shape index (κ3) is 2.81. The number of hydrogen-bond donors (Lipinski definition) is 2. The van der Waals surface area contributed by atoms with Crippen LogP contribution in [0, 0.1) is 5.92 Å². The Kier molecular flexibility index (Phi) is 3.95. The van der Waals surface area contributed by atoms with Gasteiger partial charge in [0.15, 0.2) is 0 Å². The standard InChI is InChI=1S/C14H21N3O2/c1-16(2)13-4-3-11(7-12(13)15)14(19)17-6-5-10(8-17)9-18/h3-4,7,10,18H,5-6,8-9,15H2,1-2H3. The van der Waals surface area contributed by atoms with E-state index in [-0.39, 0.29) is 18.4 Å². The van der Waals surface area contributed by atoms with E-state index in [0.29, 0.717) is 24.3 Å². The molecule has 0 saturated carbocycles. The van der Waals surface area contributed by atoms with Crippen molar-refractivity contribution in [3.63, 3.8) is 0 Å². The summed E-state index contributed by atoms with van der Waals surface area (Å²) in [4.78, 5) is 16.0. The number of anilines is 2. The number of rotatable bonds is 3. The number of carbonyl (C=O) groups excluding carboxylic acids is 1. The molecule has 0 spiro atoms. The minimum atomic E-state index is -0.00652. The summed E-state index contributed by atoms with van der Waals surface area (Å²) in [6.45, 7) is 1.48. The minimum absolute atomic E-state index is 0.00652. The van der Waals surface area contributed by atoms with E-state index in [1.807, 2.05) is 25.1 Å². The summed E-state index contributed by atoms with van der Waals surface area (Å²) in [6.07, 6.45) is 0.869. The molecular weight excluding hydrogens is 242 g/mol. The maximum Gasteiger partial charge on any atom is 0.253 e. The highest BCUT2D eigenvalue weighted by atomic mass is 16.3. The molecule has 1 aromatic rings. The van der Waals surface area contributed by atoms with Crippen LogP contribution in [0.4, 0.5) is 11.4 Å². The highest BCUT2D eigenvalue weighted by Gasteiger charge is 2.26. The van der Waals surface area contributed by atoms with Gasteiger partial charge in [-0.1, -0.05) is 0 Å². The lowest BCUT2D eigenvalue weighted by Crippen LogP contribution is -2.29. The Bertz CT molecular complexity index is 474. The first kappa shape index (κ1) is 13.7. The van der Waals surface area contributed by atoms with Gasteiger partial charge < -0.3 is 20.6 Å². The number of hydrogen-bond acceptors (Lipinski definition) is 4. The highest BCUT2D eigenvalue weighted by Crippen LogP contribution is 2.24. The van der Waals surface area contributed by atoms with Crippen LogP contribution < -0.4 is 10.6 Å². The average Bonchev–Trinajstić information content (AvgIpc) is 2.86. The van der Waals surface area contributed by atoms with Crippen molar-refractivity contribution >= 4 is 17.3 Å². The first-order valence-corrected chi connectivity index (χ1v) is 6.50. The Morgan fingerprint density at radius 1 is 1.53 bits per heavy atom. The molecule has 1 heterocycles. The van der Waals surface area contributed by atoms with Crippen LogP contribution in [0.15, 0.2) is 18.2 Å². The van der Waals surface area contributed by atoms with Crippen molar-refractivity contribution in [2.45, 2.75) is 6.42 Å². The third-order valence-corrected chi connectivity index (χ3v) is 3.59. The predicted molar refractivity (Wildman–Crippen MR) is 76.3 cm³/mol. The quantitative estimate of drug-likeness (QED) is 0.791. The maximum absolute atomic E-state index is 12.3. The molecule has 5 heteroatoms. The summed E-state index contributed by atoms with van der Waals surface area (Å²) >= 11 is 0. The van der Waals surface area contributed by atoms with Gasteiger partial charge in [0.05, 0.1) is 11.4 Å². The molecule has 1 saturated heterocycles. The first-order chi connectivity index (χ1) is 9.02. The number of benzene rings is 1. The lowest BCUT2D eigenvalue weighted by Gasteiger charge is -2.19. The molecule has 19 heavy (non-hydrogen) atoms. The predicted octanol–water partition coefficient (Wildman–Crippen LogP) is 0.789. The van der Waals surface area contributed by atoms with Crippen LogP contribution in [-0.4, -0.2) is 49.7 Å². The van der Waals surface area contributed by atoms with Crippen LogP contribution in [0.25, 0.3) is 0 Å². The summed E-state index contributed by atoms with van der Waals surface area (Å²) in [7, 11) is 3.83. The van der Waals surface area contributed by atoms with Crippen LogP contribution >= 0.6 is 0 Å². The van der Waals surface area contributed by atoms with Crippen molar-refractivity contribution in [2.75, 3.05) is 44.4 Å². The maximum atomic E-state index is 12.3. The van der Waals surface area contributed by atoms with Gasteiger partial charge in [-0.05, 0) is 24.6 Å². The number of aliphatic hydroxyl groups excluding tert-OH is 1. The van der Waals surface area contributed by atoms with Gasteiger partial charge in [0.2, 0.25) is 0 Å². The van der Waals surface area contributed by atoms with Gasteiger partial charge in [0, 0.05) is 45.3 Å². The number of aliphatic hydroxyl groups is 1. The molecule has 2 rings (SSSR count). The van der Waals surface area contributed by atoms with Gasteiger partial charge in [-0.2, -0.15) is 0 Å². The van der Waals surface area contributed by atoms with Crippen LogP contribution in [0.1, 0.15) is 16.8 Å². The van der Waals surface area contributed by atoms with E-state index in [1.165, 1.54) is 0 Å². The minimum Gasteiger partial charge on any atom is -0.397 e. The van der Waals surface area contributed by atoms with Crippen LogP contribution in [0.2, 0.25) is 0 Å². The van der Waals surface area contributed by atoms with Crippen molar-refractivity contribution in [1.29, 1.82) is 0 Å². The second-order valence-corrected chi connectivity index (χ2v) is 5.26. The topological polar surface area (TPSA) is 69.8 Å². The van der Waals surface area contributed by atoms with Crippen LogP contribution in [-0.2, 0) is 0 Å². The van der Waals surface area contributed by atoms with Crippen molar-refractivity contribution in [2.24, 2.45) is 5.92 Å². The number of nitrogen functional groups attached to an aromatic ring is 1. The lowest BCUT2D eigenvalue weighted by molar-refractivity contribution is 0.0782. The zero-order valence-electron chi connectivity index (χ0n) is 11.5. The Morgan fingerprint density at radius 3 is 2.79 bits per heavy atom. The fourth-order valence-electron chi connectivity index (χ4n) is 2.44. The Morgan fingerprint density at radius 2 is 2.26 bits per heavy atom. The molecule has 1 aromatic carbocycles. The lowest BCUT2D eigenvalue weighted by atomic mass is 10.1. The zero-order chi connectivity index (χ0) is 14.0. The van der Waals surface area contributed by atoms with E-state index in [2.05, 4.69) is 0 Å². The molecule has 1 aliphatic heterocycles. The van der Waals surface area contributed by atoms with Gasteiger partial charge in [-0.3, -0.25) is 4.79 Å². The zero-order valence-corrected chi connectivity index (χ0v) is 11.5. The first-order valence-electron chi connectivity index (χ1n) is 6.50. The Hall–Kier alpha value is -1.75. The molecule has 1 fully saturated rings. The molecule has 0 bridgehead atoms. The van der Waals surface area contributed by atoms with E-state index in [0.717, 1.165) is 12.1 Å². The molecule has 0 aromatic heterocycles. The second kappa shape index (κ2) is 5.48. The Labute approximate surface area is 113 Å². The number of carbonyl (C=O) groups is 1. The summed E-state index contributed by atoms with van der Waals surface area (Å²) in [5.41, 5.74) is 8.09. The number of amides is 1. The van der Waals surface area contributed by atoms with Crippen molar-refractivity contribution in [3.05, 3.63) is 23.8 Å². The highest BCUT2D eigenvalue weighted by molar-refractivity contribution is 5.96. The molecule has 5 nitrogen and oxygen atoms in total. The molecule has 1 unspecified atom stereocenters. The smallest absolute Gasteiger partial charge is 0.253 e. The van der Waals surface area contributed by atoms with Gasteiger partial charge in [-0.25, -0.2) is 0 Å². The molecule has 1 amide bonds. The van der Waals surface area contributed by atoms with E-state index in [9.17, 15) is 4.79 Å². The molecule has 1 atom stereocenters. The molecule has 1 aliphatic rings. The third-order valence-electron chi connectivity index (χ3n) is 3.59. The summed E-state index contributed by atoms with van der Waals surface area (Å²) in [5.74, 6) is 0.204. The van der Waals surface area contributed by atoms with E-state index < -0.39 is 0 Å². The van der Waals surface area contributed by atoms with Crippen molar-refractivity contribution < 1.29 is 9.90 Å². The van der Waals surface area contributed by atoms with Gasteiger partial charge in [0.1, 0.15) is 0 Å². The average molecular weight is 263 g/mol. The summed E-state index contributed by atoms with van der Waals surface area (Å²) in [5, 5.41) is 9.11. The second-order valence-electron chi connectivity index (χ2n) is 5.26. The number of likely N-dealkylation sites (tertiary alicyclic amines) is 1. The fourth-order valence-corrected chi connectivity index (χ4v) is 2.44. The fraction of sp³-hybridized carbons (Fsp3) is 0.500. The molecule has 0 aliphatic carbocycles. The van der Waals surface area contributed by atoms with Crippen molar-refractivity contribution in [3.8, 4) is 0 Å². The SMILES string of the molecule is CN(C)c1ccc(C(=O)N2CCC(CO)C2)cc1N. The van der Waals surface area contributed by atoms with Gasteiger partial charge in [-0.15, -0.1) is 0 Å². The van der Waals surface area contributed by atoms with Crippen molar-refractivity contribution in [1.82, 2.24) is 4.90 Å². The number of nitrogens with two attached hydrogens (primary N) is 1. The van der Waals surface area contributed by atoms with E-state index in [1.54, 1.807) is 17.0 Å². The summed E-state index contributed by atoms with van der Waals surface area (Å²) in [6, 6.07) is 5.40. The summed E-state index contributed by atoms with van der Waals surface area (Å²) < 4.78 is 0. The molecular formula is C14H21N3O2. The van der Waals surface area contributed by atoms with Gasteiger partial charge >= 0.3 is 0 Å². The van der Waals surface area contributed by atoms with E-state index >= 15 is 0 Å². The Balaban J connectivity index is 2.14. The molecule has 3 N–H and O–H groups in total. The molecule has 104 valence electrons. The van der Waals surface area contributed by atoms with E-state index in [4.69, 9.17) is 10.8 Å². The number of nitrogens with zero attached hydrogens (tertiary/aromatic N) is 2. The normalized spacial score (nSPS) is 18.7. The van der Waals surface area contributed by atoms with Crippen LogP contribution in [0.3, 0.4) is 0 Å². The molecule has 0 radical (unpaired) electrons. The monoisotopic (exact) mass is 263 g/mol. The largest absolute Gasteiger partial charge is 0.397 e. The van der Waals surface area contributed by atoms with Crippen LogP contribution in [0.5, 0.6) is 0 Å². The van der Waals surface area contributed by atoms with Gasteiger partial charge in [0.25, 0.3) is 5.91 Å².